The third-order valence-corrected chi connectivity index (χ3v) is 6.09. The van der Waals surface area contributed by atoms with Crippen LogP contribution in [0, 0.1) is 5.82 Å². The number of carbonyl (C=O) groups excluding carboxylic acids is 3. The van der Waals surface area contributed by atoms with Gasteiger partial charge in [-0.3, -0.25) is 14.4 Å². The highest BCUT2D eigenvalue weighted by atomic mass is 19.1. The highest BCUT2D eigenvalue weighted by Crippen LogP contribution is 2.31. The average molecular weight is 432 g/mol. The number of carbonyl (C=O) groups is 3. The standard InChI is InChI=1S/C24H21FN4O3/c1-27-10-4-7-20(27)24(32)28-11-12-29-21(14-28)22(30)26-19-9-8-15(13-17(19)23(29)31)16-5-2-3-6-18(16)25/h2-10,13,21H,11-12,14H2,1H3,(H,26,30)/t21-/m0/s1. The molecule has 1 saturated heterocycles. The zero-order valence-corrected chi connectivity index (χ0v) is 17.4. The van der Waals surface area contributed by atoms with Crippen LogP contribution in [0.1, 0.15) is 20.8 Å². The lowest BCUT2D eigenvalue weighted by molar-refractivity contribution is -0.121. The number of rotatable bonds is 2. The fraction of sp³-hybridized carbons (Fsp3) is 0.208. The second-order valence-electron chi connectivity index (χ2n) is 8.00. The largest absolute Gasteiger partial charge is 0.347 e. The van der Waals surface area contributed by atoms with E-state index in [1.165, 1.54) is 11.0 Å². The number of halogens is 1. The quantitative estimate of drug-likeness (QED) is 0.677. The Morgan fingerprint density at radius 3 is 2.59 bits per heavy atom. The molecule has 0 spiro atoms. The van der Waals surface area contributed by atoms with E-state index in [1.54, 1.807) is 71.2 Å². The van der Waals surface area contributed by atoms with E-state index in [0.717, 1.165) is 0 Å². The predicted molar refractivity (Wildman–Crippen MR) is 117 cm³/mol. The van der Waals surface area contributed by atoms with Gasteiger partial charge in [-0.15, -0.1) is 0 Å². The average Bonchev–Trinajstić information content (AvgIpc) is 3.20. The Morgan fingerprint density at radius 2 is 1.84 bits per heavy atom. The van der Waals surface area contributed by atoms with Crippen molar-refractivity contribution in [2.24, 2.45) is 7.05 Å². The summed E-state index contributed by atoms with van der Waals surface area (Å²) in [5, 5.41) is 2.81. The summed E-state index contributed by atoms with van der Waals surface area (Å²) in [6.45, 7) is 0.661. The molecule has 32 heavy (non-hydrogen) atoms. The van der Waals surface area contributed by atoms with Crippen molar-refractivity contribution in [1.82, 2.24) is 14.4 Å². The van der Waals surface area contributed by atoms with Crippen molar-refractivity contribution in [3.8, 4) is 11.1 Å². The molecule has 0 unspecified atom stereocenters. The molecule has 1 atom stereocenters. The number of amides is 3. The molecule has 1 fully saturated rings. The Balaban J connectivity index is 1.45. The normalized spacial score (nSPS) is 18.0. The van der Waals surface area contributed by atoms with Crippen LogP contribution in [-0.2, 0) is 11.8 Å². The van der Waals surface area contributed by atoms with Crippen molar-refractivity contribution >= 4 is 23.4 Å². The van der Waals surface area contributed by atoms with Crippen molar-refractivity contribution in [3.05, 3.63) is 77.9 Å². The van der Waals surface area contributed by atoms with Crippen LogP contribution >= 0.6 is 0 Å². The second kappa shape index (κ2) is 7.64. The molecule has 0 bridgehead atoms. The number of fused-ring (bicyclic) bond motifs is 2. The molecule has 0 radical (unpaired) electrons. The fourth-order valence-electron chi connectivity index (χ4n) is 4.34. The molecule has 5 rings (SSSR count). The number of aromatic nitrogens is 1. The van der Waals surface area contributed by atoms with Gasteiger partial charge in [0.1, 0.15) is 17.6 Å². The lowest BCUT2D eigenvalue weighted by atomic mass is 10.0. The zero-order valence-electron chi connectivity index (χ0n) is 17.4. The van der Waals surface area contributed by atoms with Gasteiger partial charge in [0.25, 0.3) is 11.8 Å². The van der Waals surface area contributed by atoms with E-state index in [1.807, 2.05) is 0 Å². The van der Waals surface area contributed by atoms with Crippen LogP contribution in [0.5, 0.6) is 0 Å². The summed E-state index contributed by atoms with van der Waals surface area (Å²) in [6, 6.07) is 14.0. The number of hydrogen-bond acceptors (Lipinski definition) is 3. The van der Waals surface area contributed by atoms with Gasteiger partial charge in [0.05, 0.1) is 17.8 Å². The maximum Gasteiger partial charge on any atom is 0.270 e. The smallest absolute Gasteiger partial charge is 0.270 e. The minimum atomic E-state index is -0.801. The van der Waals surface area contributed by atoms with E-state index in [0.29, 0.717) is 34.6 Å². The molecule has 2 aliphatic heterocycles. The van der Waals surface area contributed by atoms with Gasteiger partial charge in [0.15, 0.2) is 0 Å². The highest BCUT2D eigenvalue weighted by Gasteiger charge is 2.40. The molecule has 0 aliphatic carbocycles. The third kappa shape index (κ3) is 3.24. The van der Waals surface area contributed by atoms with E-state index in [9.17, 15) is 18.8 Å². The van der Waals surface area contributed by atoms with Gasteiger partial charge in [0, 0.05) is 31.9 Å². The number of piperazine rings is 1. The Kier molecular flexibility index (Phi) is 4.77. The Hall–Kier alpha value is -3.94. The molecule has 1 N–H and O–H groups in total. The molecule has 162 valence electrons. The second-order valence-corrected chi connectivity index (χ2v) is 8.00. The van der Waals surface area contributed by atoms with Gasteiger partial charge in [-0.1, -0.05) is 24.3 Å². The summed E-state index contributed by atoms with van der Waals surface area (Å²) < 4.78 is 16.0. The van der Waals surface area contributed by atoms with Gasteiger partial charge in [-0.2, -0.15) is 0 Å². The van der Waals surface area contributed by atoms with E-state index < -0.39 is 6.04 Å². The van der Waals surface area contributed by atoms with Crippen molar-refractivity contribution < 1.29 is 18.8 Å². The number of anilines is 1. The lowest BCUT2D eigenvalue weighted by Crippen LogP contribution is -2.59. The predicted octanol–water partition coefficient (Wildman–Crippen LogP) is 2.75. The van der Waals surface area contributed by atoms with Crippen molar-refractivity contribution in [2.75, 3.05) is 25.0 Å². The summed E-state index contributed by atoms with van der Waals surface area (Å²) >= 11 is 0. The number of aryl methyl sites for hydroxylation is 1. The molecule has 3 heterocycles. The summed E-state index contributed by atoms with van der Waals surface area (Å²) in [5.74, 6) is -1.23. The first-order chi connectivity index (χ1) is 15.4. The van der Waals surface area contributed by atoms with Crippen molar-refractivity contribution in [1.29, 1.82) is 0 Å². The third-order valence-electron chi connectivity index (χ3n) is 6.09. The van der Waals surface area contributed by atoms with Crippen molar-refractivity contribution in [2.45, 2.75) is 6.04 Å². The van der Waals surface area contributed by atoms with Crippen LogP contribution in [0.15, 0.2) is 60.8 Å². The fourth-order valence-corrected chi connectivity index (χ4v) is 4.34. The minimum absolute atomic E-state index is 0.107. The van der Waals surface area contributed by atoms with E-state index in [-0.39, 0.29) is 36.6 Å². The van der Waals surface area contributed by atoms with Crippen LogP contribution in [0.3, 0.4) is 0 Å². The highest BCUT2D eigenvalue weighted by molar-refractivity contribution is 6.11. The molecule has 3 aromatic rings. The molecule has 2 aromatic carbocycles. The summed E-state index contributed by atoms with van der Waals surface area (Å²) in [4.78, 5) is 42.4. The van der Waals surface area contributed by atoms with Gasteiger partial charge in [-0.25, -0.2) is 4.39 Å². The van der Waals surface area contributed by atoms with E-state index >= 15 is 0 Å². The summed E-state index contributed by atoms with van der Waals surface area (Å²) in [7, 11) is 1.79. The van der Waals surface area contributed by atoms with Crippen LogP contribution in [0.4, 0.5) is 10.1 Å². The van der Waals surface area contributed by atoms with Crippen LogP contribution in [0.25, 0.3) is 11.1 Å². The van der Waals surface area contributed by atoms with Crippen molar-refractivity contribution in [3.63, 3.8) is 0 Å². The molecule has 0 saturated carbocycles. The SMILES string of the molecule is Cn1cccc1C(=O)N1CCN2C(=O)c3cc(-c4ccccc4F)ccc3NC(=O)[C@@H]2C1. The zero-order chi connectivity index (χ0) is 22.4. The molecule has 2 aliphatic rings. The Bertz CT molecular complexity index is 1250. The molecular formula is C24H21FN4O3. The van der Waals surface area contributed by atoms with E-state index in [4.69, 9.17) is 0 Å². The molecular weight excluding hydrogens is 411 g/mol. The first-order valence-corrected chi connectivity index (χ1v) is 10.4. The molecule has 7 nitrogen and oxygen atoms in total. The van der Waals surface area contributed by atoms with Gasteiger partial charge >= 0.3 is 0 Å². The van der Waals surface area contributed by atoms with Gasteiger partial charge in [0.2, 0.25) is 5.91 Å². The first-order valence-electron chi connectivity index (χ1n) is 10.4. The first kappa shape index (κ1) is 20.0. The summed E-state index contributed by atoms with van der Waals surface area (Å²) in [6.07, 6.45) is 1.79. The number of nitrogens with one attached hydrogen (secondary N) is 1. The monoisotopic (exact) mass is 432 g/mol. The van der Waals surface area contributed by atoms with Gasteiger partial charge in [-0.05, 0) is 35.9 Å². The van der Waals surface area contributed by atoms with Crippen LogP contribution in [-0.4, -0.2) is 57.8 Å². The number of benzene rings is 2. The summed E-state index contributed by atoms with van der Waals surface area (Å²) in [5.41, 5.74) is 2.16. The topological polar surface area (TPSA) is 74.7 Å². The van der Waals surface area contributed by atoms with Gasteiger partial charge < -0.3 is 19.7 Å². The van der Waals surface area contributed by atoms with Crippen LogP contribution in [0.2, 0.25) is 0 Å². The molecule has 8 heteroatoms. The molecule has 1 aromatic heterocycles. The number of hydrogen-bond donors (Lipinski definition) is 1. The van der Waals surface area contributed by atoms with Crippen LogP contribution < -0.4 is 5.32 Å². The Morgan fingerprint density at radius 1 is 1.03 bits per heavy atom. The Labute approximate surface area is 184 Å². The maximum absolute atomic E-state index is 14.3. The number of nitrogens with zero attached hydrogens (tertiary/aromatic N) is 3. The molecule has 3 amide bonds. The minimum Gasteiger partial charge on any atom is -0.347 e. The maximum atomic E-state index is 14.3. The lowest BCUT2D eigenvalue weighted by Gasteiger charge is -2.39. The van der Waals surface area contributed by atoms with E-state index in [2.05, 4.69) is 5.32 Å².